The van der Waals surface area contributed by atoms with E-state index in [0.717, 1.165) is 18.9 Å². The van der Waals surface area contributed by atoms with Crippen molar-refractivity contribution in [2.75, 3.05) is 5.73 Å². The Kier molecular flexibility index (Phi) is 2.10. The van der Waals surface area contributed by atoms with Crippen LogP contribution in [0.5, 0.6) is 0 Å². The monoisotopic (exact) mass is 237 g/mol. The second-order valence-corrected chi connectivity index (χ2v) is 4.09. The molecule has 88 valence electrons. The number of nitrogen functional groups attached to an aromatic ring is 1. The summed E-state index contributed by atoms with van der Waals surface area (Å²) in [5.41, 5.74) is 5.26. The van der Waals surface area contributed by atoms with Gasteiger partial charge in [0, 0.05) is 12.0 Å². The molecule has 6 heteroatoms. The molecule has 1 saturated carbocycles. The van der Waals surface area contributed by atoms with Crippen molar-refractivity contribution in [2.45, 2.75) is 18.8 Å². The molecular weight excluding hydrogens is 228 g/mol. The molecule has 17 heavy (non-hydrogen) atoms. The first kappa shape index (κ1) is 10.2. The van der Waals surface area contributed by atoms with Crippen LogP contribution >= 0.6 is 0 Å². The molecule has 1 aliphatic rings. The van der Waals surface area contributed by atoms with Crippen LogP contribution in [0.25, 0.3) is 11.5 Å². The summed E-state index contributed by atoms with van der Waals surface area (Å²) in [4.78, 5) is 4.08. The molecule has 1 aromatic heterocycles. The van der Waals surface area contributed by atoms with E-state index < -0.39 is 11.6 Å². The predicted molar refractivity (Wildman–Crippen MR) is 56.0 cm³/mol. The van der Waals surface area contributed by atoms with Crippen LogP contribution in [0.4, 0.5) is 14.5 Å². The number of nitrogens with zero attached hydrogens (tertiary/aromatic N) is 2. The lowest BCUT2D eigenvalue weighted by Gasteiger charge is -2.00. The van der Waals surface area contributed by atoms with E-state index >= 15 is 0 Å². The van der Waals surface area contributed by atoms with Crippen LogP contribution in [0.2, 0.25) is 0 Å². The highest BCUT2D eigenvalue weighted by Gasteiger charge is 2.29. The van der Waals surface area contributed by atoms with E-state index in [2.05, 4.69) is 10.1 Å². The summed E-state index contributed by atoms with van der Waals surface area (Å²) >= 11 is 0. The first-order valence-corrected chi connectivity index (χ1v) is 5.23. The van der Waals surface area contributed by atoms with Crippen LogP contribution in [-0.2, 0) is 0 Å². The molecule has 3 rings (SSSR count). The number of rotatable bonds is 2. The lowest BCUT2D eigenvalue weighted by Crippen LogP contribution is -1.94. The zero-order valence-corrected chi connectivity index (χ0v) is 8.78. The predicted octanol–water partition coefficient (Wildman–Crippen LogP) is 2.47. The maximum Gasteiger partial charge on any atom is 0.260 e. The van der Waals surface area contributed by atoms with Crippen LogP contribution in [0.1, 0.15) is 24.6 Å². The molecule has 0 spiro atoms. The number of hydrogen-bond acceptors (Lipinski definition) is 4. The van der Waals surface area contributed by atoms with Gasteiger partial charge in [0.2, 0.25) is 0 Å². The molecule has 0 radical (unpaired) electrons. The Morgan fingerprint density at radius 3 is 2.71 bits per heavy atom. The van der Waals surface area contributed by atoms with Crippen molar-refractivity contribution in [2.24, 2.45) is 0 Å². The van der Waals surface area contributed by atoms with Crippen LogP contribution in [0.15, 0.2) is 16.7 Å². The fourth-order valence-electron chi connectivity index (χ4n) is 1.58. The minimum atomic E-state index is -0.798. The van der Waals surface area contributed by atoms with Crippen molar-refractivity contribution in [1.29, 1.82) is 0 Å². The number of hydrogen-bond donors (Lipinski definition) is 1. The second-order valence-electron chi connectivity index (χ2n) is 4.09. The molecule has 1 heterocycles. The van der Waals surface area contributed by atoms with Gasteiger partial charge >= 0.3 is 0 Å². The molecule has 2 aromatic rings. The van der Waals surface area contributed by atoms with Crippen LogP contribution in [0, 0.1) is 11.6 Å². The molecule has 1 aliphatic carbocycles. The van der Waals surface area contributed by atoms with E-state index in [1.54, 1.807) is 0 Å². The molecule has 0 unspecified atom stereocenters. The SMILES string of the molecule is Nc1cc(-c2nc(C3CC3)no2)c(F)cc1F. The Morgan fingerprint density at radius 2 is 2.00 bits per heavy atom. The van der Waals surface area contributed by atoms with Gasteiger partial charge in [-0.05, 0) is 18.9 Å². The van der Waals surface area contributed by atoms with E-state index in [-0.39, 0.29) is 17.1 Å². The fourth-order valence-corrected chi connectivity index (χ4v) is 1.58. The highest BCUT2D eigenvalue weighted by atomic mass is 19.1. The number of aromatic nitrogens is 2. The number of anilines is 1. The molecule has 1 aromatic carbocycles. The third-order valence-corrected chi connectivity index (χ3v) is 2.70. The maximum atomic E-state index is 13.5. The Morgan fingerprint density at radius 1 is 1.24 bits per heavy atom. The average molecular weight is 237 g/mol. The average Bonchev–Trinajstić information content (AvgIpc) is 3.03. The van der Waals surface area contributed by atoms with Gasteiger partial charge in [-0.25, -0.2) is 8.78 Å². The first-order chi connectivity index (χ1) is 8.15. The van der Waals surface area contributed by atoms with Gasteiger partial charge in [0.25, 0.3) is 5.89 Å². The maximum absolute atomic E-state index is 13.5. The summed E-state index contributed by atoms with van der Waals surface area (Å²) in [6.07, 6.45) is 2.04. The summed E-state index contributed by atoms with van der Waals surface area (Å²) in [5, 5.41) is 3.76. The Hall–Kier alpha value is -1.98. The number of nitrogens with two attached hydrogens (primary N) is 1. The molecule has 0 saturated heterocycles. The zero-order chi connectivity index (χ0) is 12.0. The molecular formula is C11H9F2N3O. The highest BCUT2D eigenvalue weighted by molar-refractivity contribution is 5.61. The Balaban J connectivity index is 2.04. The van der Waals surface area contributed by atoms with E-state index in [4.69, 9.17) is 10.3 Å². The van der Waals surface area contributed by atoms with E-state index in [9.17, 15) is 8.78 Å². The molecule has 0 atom stereocenters. The quantitative estimate of drug-likeness (QED) is 0.815. The van der Waals surface area contributed by atoms with Gasteiger partial charge in [0.15, 0.2) is 5.82 Å². The van der Waals surface area contributed by atoms with E-state index in [1.165, 1.54) is 0 Å². The van der Waals surface area contributed by atoms with Gasteiger partial charge in [-0.2, -0.15) is 4.98 Å². The molecule has 0 amide bonds. The molecule has 4 nitrogen and oxygen atoms in total. The van der Waals surface area contributed by atoms with Gasteiger partial charge in [-0.15, -0.1) is 0 Å². The fraction of sp³-hybridized carbons (Fsp3) is 0.273. The van der Waals surface area contributed by atoms with Crippen molar-refractivity contribution < 1.29 is 13.3 Å². The van der Waals surface area contributed by atoms with Crippen molar-refractivity contribution in [3.63, 3.8) is 0 Å². The van der Waals surface area contributed by atoms with Crippen LogP contribution in [0.3, 0.4) is 0 Å². The van der Waals surface area contributed by atoms with Crippen LogP contribution < -0.4 is 5.73 Å². The van der Waals surface area contributed by atoms with Gasteiger partial charge in [-0.1, -0.05) is 5.16 Å². The summed E-state index contributed by atoms with van der Waals surface area (Å²) in [7, 11) is 0. The second kappa shape index (κ2) is 3.51. The summed E-state index contributed by atoms with van der Waals surface area (Å²) < 4.78 is 31.5. The largest absolute Gasteiger partial charge is 0.396 e. The minimum absolute atomic E-state index is 0.0308. The van der Waals surface area contributed by atoms with Gasteiger partial charge < -0.3 is 10.3 Å². The van der Waals surface area contributed by atoms with Gasteiger partial charge in [0.1, 0.15) is 11.6 Å². The zero-order valence-electron chi connectivity index (χ0n) is 8.78. The molecule has 0 aliphatic heterocycles. The Labute approximate surface area is 95.4 Å². The number of halogens is 2. The topological polar surface area (TPSA) is 64.9 Å². The summed E-state index contributed by atoms with van der Waals surface area (Å²) in [6, 6.07) is 1.88. The van der Waals surface area contributed by atoms with Crippen molar-refractivity contribution in [3.8, 4) is 11.5 Å². The summed E-state index contributed by atoms with van der Waals surface area (Å²) in [5.74, 6) is -0.636. The van der Waals surface area contributed by atoms with Crippen molar-refractivity contribution in [3.05, 3.63) is 29.6 Å². The van der Waals surface area contributed by atoms with E-state index in [0.29, 0.717) is 17.8 Å². The minimum Gasteiger partial charge on any atom is -0.396 e. The Bertz CT molecular complexity index is 578. The normalized spacial score (nSPS) is 15.2. The first-order valence-electron chi connectivity index (χ1n) is 5.23. The lowest BCUT2D eigenvalue weighted by molar-refractivity contribution is 0.420. The summed E-state index contributed by atoms with van der Waals surface area (Å²) in [6.45, 7) is 0. The third-order valence-electron chi connectivity index (χ3n) is 2.70. The standard InChI is InChI=1S/C11H9F2N3O/c12-7-4-8(13)9(14)3-6(7)11-15-10(16-17-11)5-1-2-5/h3-5H,1-2,14H2. The van der Waals surface area contributed by atoms with E-state index in [1.807, 2.05) is 0 Å². The van der Waals surface area contributed by atoms with Crippen molar-refractivity contribution in [1.82, 2.24) is 10.1 Å². The molecule has 2 N–H and O–H groups in total. The van der Waals surface area contributed by atoms with Gasteiger partial charge in [0.05, 0.1) is 11.3 Å². The smallest absolute Gasteiger partial charge is 0.260 e. The van der Waals surface area contributed by atoms with Crippen LogP contribution in [-0.4, -0.2) is 10.1 Å². The number of benzene rings is 1. The molecule has 1 fully saturated rings. The highest BCUT2D eigenvalue weighted by Crippen LogP contribution is 2.39. The lowest BCUT2D eigenvalue weighted by atomic mass is 10.2. The third kappa shape index (κ3) is 1.75. The van der Waals surface area contributed by atoms with Gasteiger partial charge in [-0.3, -0.25) is 0 Å². The molecule has 0 bridgehead atoms. The van der Waals surface area contributed by atoms with Crippen molar-refractivity contribution >= 4 is 5.69 Å².